The number of ether oxygens (including phenoxy) is 1. The molecule has 4 rings (SSSR count). The van der Waals surface area contributed by atoms with Crippen LogP contribution in [-0.2, 0) is 11.3 Å². The molecule has 1 aliphatic heterocycles. The highest BCUT2D eigenvalue weighted by atomic mass is 16.5. The number of hydrogen-bond donors (Lipinski definition) is 1. The van der Waals surface area contributed by atoms with E-state index in [1.165, 1.54) is 0 Å². The molecule has 1 saturated heterocycles. The second-order valence-electron chi connectivity index (χ2n) is 8.18. The fraction of sp³-hybridized carbons (Fsp3) is 0.259. The number of methoxy groups -OCH3 is 1. The molecule has 3 aromatic carbocycles. The van der Waals surface area contributed by atoms with Crippen LogP contribution in [0.3, 0.4) is 0 Å². The van der Waals surface area contributed by atoms with Gasteiger partial charge in [-0.2, -0.15) is 0 Å². The highest BCUT2D eigenvalue weighted by Gasteiger charge is 2.34. The second kappa shape index (κ2) is 10.1. The van der Waals surface area contributed by atoms with Crippen molar-refractivity contribution >= 4 is 11.8 Å². The van der Waals surface area contributed by atoms with Gasteiger partial charge >= 0.3 is 0 Å². The molecule has 0 unspecified atom stereocenters. The Morgan fingerprint density at radius 1 is 0.906 bits per heavy atom. The quantitative estimate of drug-likeness (QED) is 0.638. The van der Waals surface area contributed by atoms with Crippen molar-refractivity contribution in [1.82, 2.24) is 10.2 Å². The molecule has 0 radical (unpaired) electrons. The van der Waals surface area contributed by atoms with Crippen molar-refractivity contribution in [3.05, 3.63) is 102 Å². The lowest BCUT2D eigenvalue weighted by Gasteiger charge is -2.37. The van der Waals surface area contributed by atoms with E-state index in [1.54, 1.807) is 31.4 Å². The van der Waals surface area contributed by atoms with Crippen molar-refractivity contribution in [2.24, 2.45) is 5.92 Å². The average molecular weight is 429 g/mol. The number of hydrogen-bond acceptors (Lipinski definition) is 3. The number of benzene rings is 3. The van der Waals surface area contributed by atoms with Gasteiger partial charge in [-0.1, -0.05) is 60.7 Å². The van der Waals surface area contributed by atoms with Gasteiger partial charge in [0.25, 0.3) is 5.91 Å². The van der Waals surface area contributed by atoms with Gasteiger partial charge in [0, 0.05) is 31.1 Å². The van der Waals surface area contributed by atoms with Crippen LogP contribution >= 0.6 is 0 Å². The van der Waals surface area contributed by atoms with E-state index in [0.29, 0.717) is 30.9 Å². The van der Waals surface area contributed by atoms with E-state index in [2.05, 4.69) is 17.4 Å². The van der Waals surface area contributed by atoms with Gasteiger partial charge < -0.3 is 15.0 Å². The summed E-state index contributed by atoms with van der Waals surface area (Å²) in [7, 11) is 1.60. The molecule has 1 aliphatic rings. The standard InChI is InChI=1S/C27H28N2O3/c1-32-25-14-12-22(13-15-25)27(31)29-18-23(21-10-6-3-7-11-21)16-24(19-29)26(30)28-17-20-8-4-2-5-9-20/h2-15,23-24H,16-19H2,1H3,(H,28,30)/t23-,24+/m0/s1. The minimum Gasteiger partial charge on any atom is -0.497 e. The normalized spacial score (nSPS) is 18.1. The third-order valence-electron chi connectivity index (χ3n) is 6.03. The SMILES string of the molecule is COc1ccc(C(=O)N2C[C@H](C(=O)NCc3ccccc3)C[C@H](c3ccccc3)C2)cc1. The van der Waals surface area contributed by atoms with Crippen LogP contribution in [0.4, 0.5) is 0 Å². The molecule has 5 nitrogen and oxygen atoms in total. The summed E-state index contributed by atoms with van der Waals surface area (Å²) in [6, 6.07) is 27.1. The van der Waals surface area contributed by atoms with Gasteiger partial charge in [0.05, 0.1) is 13.0 Å². The van der Waals surface area contributed by atoms with Gasteiger partial charge in [0.2, 0.25) is 5.91 Å². The van der Waals surface area contributed by atoms with Gasteiger partial charge in [-0.15, -0.1) is 0 Å². The largest absolute Gasteiger partial charge is 0.497 e. The Morgan fingerprint density at radius 3 is 2.22 bits per heavy atom. The molecule has 32 heavy (non-hydrogen) atoms. The van der Waals surface area contributed by atoms with Gasteiger partial charge in [-0.25, -0.2) is 0 Å². The number of piperidine rings is 1. The maximum Gasteiger partial charge on any atom is 0.253 e. The fourth-order valence-corrected chi connectivity index (χ4v) is 4.27. The molecule has 0 spiro atoms. The van der Waals surface area contributed by atoms with E-state index in [1.807, 2.05) is 53.4 Å². The molecular formula is C27H28N2O3. The Bertz CT molecular complexity index is 1040. The molecular weight excluding hydrogens is 400 g/mol. The van der Waals surface area contributed by atoms with Gasteiger partial charge in [-0.05, 0) is 41.8 Å². The van der Waals surface area contributed by atoms with Crippen LogP contribution in [0.1, 0.15) is 33.8 Å². The van der Waals surface area contributed by atoms with Crippen LogP contribution in [0.5, 0.6) is 5.75 Å². The Labute approximate surface area is 189 Å². The summed E-state index contributed by atoms with van der Waals surface area (Å²) in [4.78, 5) is 28.2. The number of nitrogens with one attached hydrogen (secondary N) is 1. The first kappa shape index (κ1) is 21.6. The van der Waals surface area contributed by atoms with Crippen molar-refractivity contribution in [1.29, 1.82) is 0 Å². The smallest absolute Gasteiger partial charge is 0.253 e. The first-order chi connectivity index (χ1) is 15.6. The Balaban J connectivity index is 1.51. The average Bonchev–Trinajstić information content (AvgIpc) is 2.87. The molecule has 1 fully saturated rings. The van der Waals surface area contributed by atoms with Crippen molar-refractivity contribution in [3.63, 3.8) is 0 Å². The van der Waals surface area contributed by atoms with E-state index in [4.69, 9.17) is 4.74 Å². The number of likely N-dealkylation sites (tertiary alicyclic amines) is 1. The molecule has 1 N–H and O–H groups in total. The summed E-state index contributed by atoms with van der Waals surface area (Å²) < 4.78 is 5.20. The molecule has 0 bridgehead atoms. The molecule has 0 saturated carbocycles. The number of carbonyl (C=O) groups is 2. The lowest BCUT2D eigenvalue weighted by molar-refractivity contribution is -0.126. The van der Waals surface area contributed by atoms with Crippen LogP contribution in [-0.4, -0.2) is 36.9 Å². The third kappa shape index (κ3) is 5.17. The number of carbonyl (C=O) groups excluding carboxylic acids is 2. The van der Waals surface area contributed by atoms with E-state index >= 15 is 0 Å². The summed E-state index contributed by atoms with van der Waals surface area (Å²) in [5, 5.41) is 3.06. The van der Waals surface area contributed by atoms with E-state index in [9.17, 15) is 9.59 Å². The Kier molecular flexibility index (Phi) is 6.85. The lowest BCUT2D eigenvalue weighted by Crippen LogP contribution is -2.48. The maximum atomic E-state index is 13.3. The van der Waals surface area contributed by atoms with Crippen LogP contribution < -0.4 is 10.1 Å². The molecule has 0 aliphatic carbocycles. The zero-order valence-electron chi connectivity index (χ0n) is 18.2. The number of rotatable bonds is 6. The number of nitrogens with zero attached hydrogens (tertiary/aromatic N) is 1. The maximum absolute atomic E-state index is 13.3. The summed E-state index contributed by atoms with van der Waals surface area (Å²) in [5.74, 6) is 0.483. The predicted molar refractivity (Wildman–Crippen MR) is 124 cm³/mol. The third-order valence-corrected chi connectivity index (χ3v) is 6.03. The van der Waals surface area contributed by atoms with Crippen LogP contribution in [0, 0.1) is 5.92 Å². The van der Waals surface area contributed by atoms with Crippen LogP contribution in [0.2, 0.25) is 0 Å². The summed E-state index contributed by atoms with van der Waals surface area (Å²) in [5.41, 5.74) is 2.81. The number of amides is 2. The van der Waals surface area contributed by atoms with Crippen molar-refractivity contribution < 1.29 is 14.3 Å². The Morgan fingerprint density at radius 2 is 1.56 bits per heavy atom. The Hall–Kier alpha value is -3.60. The topological polar surface area (TPSA) is 58.6 Å². The molecule has 1 heterocycles. The van der Waals surface area contributed by atoms with Crippen molar-refractivity contribution in [2.45, 2.75) is 18.9 Å². The predicted octanol–water partition coefficient (Wildman–Crippen LogP) is 4.26. The van der Waals surface area contributed by atoms with E-state index < -0.39 is 0 Å². The molecule has 5 heteroatoms. The minimum absolute atomic E-state index is 0.0120. The first-order valence-corrected chi connectivity index (χ1v) is 10.9. The second-order valence-corrected chi connectivity index (χ2v) is 8.18. The highest BCUT2D eigenvalue weighted by Crippen LogP contribution is 2.31. The van der Waals surface area contributed by atoms with Crippen molar-refractivity contribution in [2.75, 3.05) is 20.2 Å². The molecule has 164 valence electrons. The zero-order chi connectivity index (χ0) is 22.3. The van der Waals surface area contributed by atoms with Gasteiger partial charge in [-0.3, -0.25) is 9.59 Å². The molecule has 2 amide bonds. The van der Waals surface area contributed by atoms with Gasteiger partial charge in [0.1, 0.15) is 5.75 Å². The van der Waals surface area contributed by atoms with Crippen molar-refractivity contribution in [3.8, 4) is 5.75 Å². The monoisotopic (exact) mass is 428 g/mol. The molecule has 2 atom stereocenters. The summed E-state index contributed by atoms with van der Waals surface area (Å²) in [6.45, 7) is 1.49. The van der Waals surface area contributed by atoms with E-state index in [0.717, 1.165) is 17.5 Å². The van der Waals surface area contributed by atoms with Crippen LogP contribution in [0.15, 0.2) is 84.9 Å². The highest BCUT2D eigenvalue weighted by molar-refractivity contribution is 5.95. The molecule has 3 aromatic rings. The summed E-state index contributed by atoms with van der Waals surface area (Å²) >= 11 is 0. The zero-order valence-corrected chi connectivity index (χ0v) is 18.2. The molecule has 0 aromatic heterocycles. The lowest BCUT2D eigenvalue weighted by atomic mass is 9.83. The summed E-state index contributed by atoms with van der Waals surface area (Å²) in [6.07, 6.45) is 0.719. The first-order valence-electron chi connectivity index (χ1n) is 10.9. The van der Waals surface area contributed by atoms with Gasteiger partial charge in [0.15, 0.2) is 0 Å². The fourth-order valence-electron chi connectivity index (χ4n) is 4.27. The van der Waals surface area contributed by atoms with Crippen LogP contribution in [0.25, 0.3) is 0 Å². The minimum atomic E-state index is -0.264. The van der Waals surface area contributed by atoms with E-state index in [-0.39, 0.29) is 23.7 Å².